The standard InChI is InChI=1S/C11H19N5O3/c1-5-16-8(12)7(9(17)14-11(16)19)13-6(2)10(18)15(3)4/h6,13H,5,12H2,1-4H3,(H,14,17,19). The second-order valence-electron chi connectivity index (χ2n) is 4.36. The summed E-state index contributed by atoms with van der Waals surface area (Å²) in [6.07, 6.45) is 0. The van der Waals surface area contributed by atoms with Gasteiger partial charge in [-0.05, 0) is 13.8 Å². The molecule has 1 rings (SSSR count). The van der Waals surface area contributed by atoms with Crippen LogP contribution >= 0.6 is 0 Å². The number of amides is 1. The molecule has 1 unspecified atom stereocenters. The Labute approximate surface area is 110 Å². The summed E-state index contributed by atoms with van der Waals surface area (Å²) in [5, 5.41) is 2.74. The number of aromatic amines is 1. The number of carbonyl (C=O) groups is 1. The fraction of sp³-hybridized carbons (Fsp3) is 0.545. The molecule has 8 nitrogen and oxygen atoms in total. The minimum atomic E-state index is -0.634. The first-order valence-electron chi connectivity index (χ1n) is 5.89. The lowest BCUT2D eigenvalue weighted by molar-refractivity contribution is -0.129. The lowest BCUT2D eigenvalue weighted by Gasteiger charge is -2.20. The van der Waals surface area contributed by atoms with Gasteiger partial charge in [-0.2, -0.15) is 0 Å². The number of aromatic nitrogens is 2. The van der Waals surface area contributed by atoms with Gasteiger partial charge in [0.2, 0.25) is 5.91 Å². The summed E-state index contributed by atoms with van der Waals surface area (Å²) in [5.41, 5.74) is 4.61. The van der Waals surface area contributed by atoms with Gasteiger partial charge in [0, 0.05) is 20.6 Å². The molecule has 0 saturated carbocycles. The van der Waals surface area contributed by atoms with Crippen LogP contribution in [0.1, 0.15) is 13.8 Å². The number of carbonyl (C=O) groups excluding carboxylic acids is 1. The van der Waals surface area contributed by atoms with E-state index in [0.29, 0.717) is 6.54 Å². The van der Waals surface area contributed by atoms with E-state index in [4.69, 9.17) is 5.73 Å². The lowest BCUT2D eigenvalue weighted by atomic mass is 10.3. The van der Waals surface area contributed by atoms with E-state index in [1.54, 1.807) is 27.9 Å². The Balaban J connectivity index is 3.19. The van der Waals surface area contributed by atoms with Gasteiger partial charge >= 0.3 is 5.69 Å². The molecule has 0 aliphatic rings. The van der Waals surface area contributed by atoms with Gasteiger partial charge in [-0.3, -0.25) is 19.1 Å². The molecule has 1 amide bonds. The van der Waals surface area contributed by atoms with Crippen molar-refractivity contribution in [3.8, 4) is 0 Å². The van der Waals surface area contributed by atoms with Gasteiger partial charge in [0.25, 0.3) is 5.56 Å². The quantitative estimate of drug-likeness (QED) is 0.650. The van der Waals surface area contributed by atoms with Crippen molar-refractivity contribution in [1.82, 2.24) is 14.5 Å². The van der Waals surface area contributed by atoms with E-state index in [1.807, 2.05) is 0 Å². The van der Waals surface area contributed by atoms with Crippen LogP contribution in [-0.4, -0.2) is 40.5 Å². The smallest absolute Gasteiger partial charge is 0.330 e. The molecule has 1 aromatic heterocycles. The Morgan fingerprint density at radius 2 is 2.05 bits per heavy atom. The van der Waals surface area contributed by atoms with Crippen LogP contribution in [-0.2, 0) is 11.3 Å². The van der Waals surface area contributed by atoms with Crippen LogP contribution in [0, 0.1) is 0 Å². The fourth-order valence-electron chi connectivity index (χ4n) is 1.71. The van der Waals surface area contributed by atoms with Crippen LogP contribution < -0.4 is 22.3 Å². The number of hydrogen-bond acceptors (Lipinski definition) is 5. The zero-order valence-corrected chi connectivity index (χ0v) is 11.5. The zero-order chi connectivity index (χ0) is 14.7. The maximum atomic E-state index is 11.7. The van der Waals surface area contributed by atoms with Crippen molar-refractivity contribution < 1.29 is 4.79 Å². The predicted octanol–water partition coefficient (Wildman–Crippen LogP) is -0.973. The summed E-state index contributed by atoms with van der Waals surface area (Å²) in [7, 11) is 3.22. The molecule has 0 radical (unpaired) electrons. The van der Waals surface area contributed by atoms with E-state index in [2.05, 4.69) is 10.3 Å². The number of rotatable bonds is 4. The van der Waals surface area contributed by atoms with Gasteiger partial charge in [-0.15, -0.1) is 0 Å². The molecular formula is C11H19N5O3. The van der Waals surface area contributed by atoms with Crippen LogP contribution in [0.25, 0.3) is 0 Å². The molecular weight excluding hydrogens is 250 g/mol. The van der Waals surface area contributed by atoms with E-state index in [9.17, 15) is 14.4 Å². The zero-order valence-electron chi connectivity index (χ0n) is 11.5. The normalized spacial score (nSPS) is 12.0. The van der Waals surface area contributed by atoms with Crippen LogP contribution in [0.2, 0.25) is 0 Å². The number of H-pyrrole nitrogens is 1. The van der Waals surface area contributed by atoms with Crippen LogP contribution in [0.5, 0.6) is 0 Å². The average Bonchev–Trinajstić information content (AvgIpc) is 2.33. The third-order valence-electron chi connectivity index (χ3n) is 2.73. The first-order chi connectivity index (χ1) is 8.79. The minimum absolute atomic E-state index is 0.0228. The Kier molecular flexibility index (Phi) is 4.36. The second kappa shape index (κ2) is 5.59. The van der Waals surface area contributed by atoms with Gasteiger partial charge in [0.1, 0.15) is 17.5 Å². The molecule has 0 saturated heterocycles. The summed E-state index contributed by atoms with van der Waals surface area (Å²) >= 11 is 0. The minimum Gasteiger partial charge on any atom is -0.383 e. The monoisotopic (exact) mass is 269 g/mol. The number of nitrogens with zero attached hydrogens (tertiary/aromatic N) is 2. The van der Waals surface area contributed by atoms with Crippen molar-refractivity contribution in [2.45, 2.75) is 26.4 Å². The number of nitrogen functional groups attached to an aromatic ring is 1. The van der Waals surface area contributed by atoms with Crippen LogP contribution in [0.4, 0.5) is 11.5 Å². The molecule has 106 valence electrons. The van der Waals surface area contributed by atoms with Crippen molar-refractivity contribution in [1.29, 1.82) is 0 Å². The number of hydrogen-bond donors (Lipinski definition) is 3. The average molecular weight is 269 g/mol. The number of anilines is 2. The van der Waals surface area contributed by atoms with Crippen molar-refractivity contribution in [3.63, 3.8) is 0 Å². The van der Waals surface area contributed by atoms with Crippen molar-refractivity contribution >= 4 is 17.4 Å². The van der Waals surface area contributed by atoms with Crippen LogP contribution in [0.15, 0.2) is 9.59 Å². The number of nitrogens with two attached hydrogens (primary N) is 1. The molecule has 19 heavy (non-hydrogen) atoms. The van der Waals surface area contributed by atoms with Crippen molar-refractivity contribution in [3.05, 3.63) is 20.8 Å². The van der Waals surface area contributed by atoms with Crippen molar-refractivity contribution in [2.24, 2.45) is 0 Å². The fourth-order valence-corrected chi connectivity index (χ4v) is 1.71. The Morgan fingerprint density at radius 3 is 2.53 bits per heavy atom. The summed E-state index contributed by atoms with van der Waals surface area (Å²) in [6, 6.07) is -0.624. The van der Waals surface area contributed by atoms with Crippen LogP contribution in [0.3, 0.4) is 0 Å². The highest BCUT2D eigenvalue weighted by molar-refractivity contribution is 5.84. The Morgan fingerprint density at radius 1 is 1.47 bits per heavy atom. The first kappa shape index (κ1) is 14.8. The molecule has 1 heterocycles. The second-order valence-corrected chi connectivity index (χ2v) is 4.36. The SMILES string of the molecule is CCn1c(N)c(NC(C)C(=O)N(C)C)c(=O)[nH]c1=O. The van der Waals surface area contributed by atoms with Gasteiger partial charge in [-0.25, -0.2) is 4.79 Å². The summed E-state index contributed by atoms with van der Waals surface area (Å²) < 4.78 is 1.22. The third-order valence-corrected chi connectivity index (χ3v) is 2.73. The van der Waals surface area contributed by atoms with Gasteiger partial charge in [-0.1, -0.05) is 0 Å². The summed E-state index contributed by atoms with van der Waals surface area (Å²) in [4.78, 5) is 38.5. The van der Waals surface area contributed by atoms with E-state index in [0.717, 1.165) is 0 Å². The molecule has 0 aromatic carbocycles. The predicted molar refractivity (Wildman–Crippen MR) is 73.2 cm³/mol. The first-order valence-corrected chi connectivity index (χ1v) is 5.89. The molecule has 0 fully saturated rings. The van der Waals surface area contributed by atoms with Gasteiger partial charge in [0.15, 0.2) is 0 Å². The molecule has 0 aliphatic carbocycles. The van der Waals surface area contributed by atoms with Crippen molar-refractivity contribution in [2.75, 3.05) is 25.1 Å². The molecule has 4 N–H and O–H groups in total. The van der Waals surface area contributed by atoms with E-state index < -0.39 is 17.3 Å². The Hall–Kier alpha value is -2.25. The maximum absolute atomic E-state index is 11.7. The van der Waals surface area contributed by atoms with Gasteiger partial charge in [0.05, 0.1) is 0 Å². The highest BCUT2D eigenvalue weighted by Gasteiger charge is 2.19. The largest absolute Gasteiger partial charge is 0.383 e. The molecule has 8 heteroatoms. The highest BCUT2D eigenvalue weighted by Crippen LogP contribution is 2.11. The summed E-state index contributed by atoms with van der Waals surface area (Å²) in [5.74, 6) is -0.178. The molecule has 1 atom stereocenters. The molecule has 0 aliphatic heterocycles. The number of nitrogens with one attached hydrogen (secondary N) is 2. The molecule has 0 spiro atoms. The molecule has 1 aromatic rings. The highest BCUT2D eigenvalue weighted by atomic mass is 16.2. The van der Waals surface area contributed by atoms with E-state index in [1.165, 1.54) is 9.47 Å². The van der Waals surface area contributed by atoms with Gasteiger partial charge < -0.3 is 16.0 Å². The van der Waals surface area contributed by atoms with E-state index >= 15 is 0 Å². The maximum Gasteiger partial charge on any atom is 0.330 e. The lowest BCUT2D eigenvalue weighted by Crippen LogP contribution is -2.40. The summed E-state index contributed by atoms with van der Waals surface area (Å²) in [6.45, 7) is 3.67. The molecule has 0 bridgehead atoms. The third kappa shape index (κ3) is 2.95. The number of likely N-dealkylation sites (N-methyl/N-ethyl adjacent to an activating group) is 1. The Bertz CT molecular complexity index is 587. The topological polar surface area (TPSA) is 113 Å². The van der Waals surface area contributed by atoms with E-state index in [-0.39, 0.29) is 17.4 Å².